The quantitative estimate of drug-likeness (QED) is 0.632. The normalized spacial score (nSPS) is 23.4. The largest absolute Gasteiger partial charge is 0.378 e. The topological polar surface area (TPSA) is 84.7 Å². The van der Waals surface area contributed by atoms with Gasteiger partial charge >= 0.3 is 0 Å². The van der Waals surface area contributed by atoms with E-state index < -0.39 is 10.2 Å². The summed E-state index contributed by atoms with van der Waals surface area (Å²) >= 11 is 0. The Bertz CT molecular complexity index is 349. The van der Waals surface area contributed by atoms with Gasteiger partial charge < -0.3 is 10.5 Å². The first-order valence-electron chi connectivity index (χ1n) is 6.71. The van der Waals surface area contributed by atoms with E-state index in [4.69, 9.17) is 10.5 Å². The molecular formula is C11H23N3O3S. The molecule has 0 bridgehead atoms. The molecule has 2 rings (SSSR count). The maximum atomic E-state index is 12.0. The fourth-order valence-electron chi connectivity index (χ4n) is 2.06. The highest BCUT2D eigenvalue weighted by Gasteiger charge is 2.33. The second-order valence-electron chi connectivity index (χ2n) is 5.01. The first-order valence-corrected chi connectivity index (χ1v) is 8.15. The second-order valence-corrected chi connectivity index (χ2v) is 6.71. The molecule has 0 aromatic rings. The van der Waals surface area contributed by atoms with E-state index in [9.17, 15) is 8.42 Å². The lowest BCUT2D eigenvalue weighted by atomic mass is 10.1. The molecule has 0 aromatic carbocycles. The van der Waals surface area contributed by atoms with Crippen LogP contribution in [0, 0.1) is 0 Å². The molecule has 0 atom stereocenters. The van der Waals surface area contributed by atoms with E-state index in [1.165, 1.54) is 4.31 Å². The summed E-state index contributed by atoms with van der Waals surface area (Å²) in [5, 5.41) is 0. The molecule has 0 spiro atoms. The first-order chi connectivity index (χ1) is 8.62. The Labute approximate surface area is 109 Å². The van der Waals surface area contributed by atoms with Crippen molar-refractivity contribution in [3.8, 4) is 0 Å². The van der Waals surface area contributed by atoms with Gasteiger partial charge in [-0.25, -0.2) is 0 Å². The molecular weight excluding hydrogens is 254 g/mol. The average molecular weight is 277 g/mol. The van der Waals surface area contributed by atoms with E-state index in [-0.39, 0.29) is 12.1 Å². The minimum atomic E-state index is -3.26. The maximum Gasteiger partial charge on any atom is 0.279 e. The molecule has 0 aromatic heterocycles. The Morgan fingerprint density at radius 3 is 2.44 bits per heavy atom. The third kappa shape index (κ3) is 4.17. The van der Waals surface area contributed by atoms with E-state index in [1.54, 1.807) is 0 Å². The molecule has 1 saturated heterocycles. The summed E-state index contributed by atoms with van der Waals surface area (Å²) in [4.78, 5) is 0. The highest BCUT2D eigenvalue weighted by Crippen LogP contribution is 2.22. The maximum absolute atomic E-state index is 12.0. The number of ether oxygens (including phenoxy) is 1. The molecule has 0 radical (unpaired) electrons. The van der Waals surface area contributed by atoms with Crippen LogP contribution in [0.2, 0.25) is 0 Å². The van der Waals surface area contributed by atoms with Gasteiger partial charge in [0.05, 0.1) is 6.10 Å². The molecule has 106 valence electrons. The zero-order valence-corrected chi connectivity index (χ0v) is 11.5. The standard InChI is InChI=1S/C11H23N3O3S/c12-6-1-9-17-11-4-7-14(8-5-11)18(15,16)13-10-2-3-10/h10-11,13H,1-9,12H2. The number of hydrogen-bond donors (Lipinski definition) is 2. The van der Waals surface area contributed by atoms with Crippen LogP contribution in [0.5, 0.6) is 0 Å². The SMILES string of the molecule is NCCCOC1CCN(S(=O)(=O)NC2CC2)CC1. The molecule has 0 amide bonds. The summed E-state index contributed by atoms with van der Waals surface area (Å²) < 4.78 is 33.8. The van der Waals surface area contributed by atoms with Gasteiger partial charge in [-0.05, 0) is 38.6 Å². The van der Waals surface area contributed by atoms with Gasteiger partial charge in [0.1, 0.15) is 0 Å². The minimum absolute atomic E-state index is 0.175. The second kappa shape index (κ2) is 6.29. The van der Waals surface area contributed by atoms with Gasteiger partial charge in [0.2, 0.25) is 0 Å². The Morgan fingerprint density at radius 2 is 1.89 bits per heavy atom. The Morgan fingerprint density at radius 1 is 1.22 bits per heavy atom. The van der Waals surface area contributed by atoms with E-state index in [1.807, 2.05) is 0 Å². The molecule has 2 fully saturated rings. The van der Waals surface area contributed by atoms with Gasteiger partial charge in [-0.15, -0.1) is 0 Å². The van der Waals surface area contributed by atoms with Crippen molar-refractivity contribution in [3.63, 3.8) is 0 Å². The fraction of sp³-hybridized carbons (Fsp3) is 1.00. The predicted octanol–water partition coefficient (Wildman–Crippen LogP) is -0.187. The van der Waals surface area contributed by atoms with Crippen LogP contribution in [0.4, 0.5) is 0 Å². The number of rotatable bonds is 7. The zero-order chi connectivity index (χ0) is 13.0. The highest BCUT2D eigenvalue weighted by molar-refractivity contribution is 7.87. The molecule has 2 aliphatic rings. The van der Waals surface area contributed by atoms with Gasteiger partial charge in [-0.3, -0.25) is 0 Å². The monoisotopic (exact) mass is 277 g/mol. The van der Waals surface area contributed by atoms with E-state index in [0.717, 1.165) is 32.1 Å². The van der Waals surface area contributed by atoms with Crippen LogP contribution in [-0.2, 0) is 14.9 Å². The molecule has 1 heterocycles. The zero-order valence-electron chi connectivity index (χ0n) is 10.7. The van der Waals surface area contributed by atoms with E-state index >= 15 is 0 Å². The predicted molar refractivity (Wildman–Crippen MR) is 69.3 cm³/mol. The van der Waals surface area contributed by atoms with Gasteiger partial charge in [-0.1, -0.05) is 0 Å². The van der Waals surface area contributed by atoms with Crippen molar-refractivity contribution in [2.45, 2.75) is 44.2 Å². The van der Waals surface area contributed by atoms with Crippen molar-refractivity contribution in [2.75, 3.05) is 26.2 Å². The number of nitrogens with one attached hydrogen (secondary N) is 1. The van der Waals surface area contributed by atoms with Gasteiger partial charge in [0, 0.05) is 25.7 Å². The molecule has 1 aliphatic carbocycles. The van der Waals surface area contributed by atoms with Gasteiger partial charge in [0.25, 0.3) is 10.2 Å². The summed E-state index contributed by atoms with van der Waals surface area (Å²) in [7, 11) is -3.26. The number of piperidine rings is 1. The van der Waals surface area contributed by atoms with E-state index in [0.29, 0.717) is 26.2 Å². The molecule has 7 heteroatoms. The van der Waals surface area contributed by atoms with Crippen molar-refractivity contribution in [1.29, 1.82) is 0 Å². The van der Waals surface area contributed by atoms with Crippen molar-refractivity contribution in [1.82, 2.24) is 9.03 Å². The summed E-state index contributed by atoms with van der Waals surface area (Å²) in [5.74, 6) is 0. The minimum Gasteiger partial charge on any atom is -0.378 e. The number of hydrogen-bond acceptors (Lipinski definition) is 4. The molecule has 6 nitrogen and oxygen atoms in total. The van der Waals surface area contributed by atoms with Gasteiger partial charge in [0.15, 0.2) is 0 Å². The lowest BCUT2D eigenvalue weighted by Gasteiger charge is -2.31. The van der Waals surface area contributed by atoms with Crippen LogP contribution in [0.15, 0.2) is 0 Å². The summed E-state index contributed by atoms with van der Waals surface area (Å²) in [6.45, 7) is 2.41. The van der Waals surface area contributed by atoms with Crippen molar-refractivity contribution < 1.29 is 13.2 Å². The number of nitrogens with zero attached hydrogens (tertiary/aromatic N) is 1. The lowest BCUT2D eigenvalue weighted by Crippen LogP contribution is -2.47. The van der Waals surface area contributed by atoms with Crippen LogP contribution < -0.4 is 10.5 Å². The fourth-order valence-corrected chi connectivity index (χ4v) is 3.56. The molecule has 0 unspecified atom stereocenters. The Kier molecular flexibility index (Phi) is 4.97. The van der Waals surface area contributed by atoms with Crippen molar-refractivity contribution in [3.05, 3.63) is 0 Å². The molecule has 18 heavy (non-hydrogen) atoms. The molecule has 1 saturated carbocycles. The highest BCUT2D eigenvalue weighted by atomic mass is 32.2. The molecule has 1 aliphatic heterocycles. The first kappa shape index (κ1) is 14.2. The van der Waals surface area contributed by atoms with Crippen molar-refractivity contribution >= 4 is 10.2 Å². The average Bonchev–Trinajstić information content (AvgIpc) is 3.13. The lowest BCUT2D eigenvalue weighted by molar-refractivity contribution is 0.0207. The Hall–Kier alpha value is -0.210. The smallest absolute Gasteiger partial charge is 0.279 e. The number of nitrogens with two attached hydrogens (primary N) is 1. The van der Waals surface area contributed by atoms with Crippen molar-refractivity contribution in [2.24, 2.45) is 5.73 Å². The van der Waals surface area contributed by atoms with Crippen LogP contribution in [-0.4, -0.2) is 51.1 Å². The summed E-state index contributed by atoms with van der Waals surface area (Å²) in [6.07, 6.45) is 4.54. The van der Waals surface area contributed by atoms with Crippen LogP contribution in [0.1, 0.15) is 32.1 Å². The summed E-state index contributed by atoms with van der Waals surface area (Å²) in [6, 6.07) is 0.175. The summed E-state index contributed by atoms with van der Waals surface area (Å²) in [5.41, 5.74) is 5.40. The third-order valence-corrected chi connectivity index (χ3v) is 5.01. The Balaban J connectivity index is 1.72. The molecule has 3 N–H and O–H groups in total. The van der Waals surface area contributed by atoms with Crippen LogP contribution in [0.25, 0.3) is 0 Å². The van der Waals surface area contributed by atoms with Crippen LogP contribution in [0.3, 0.4) is 0 Å². The van der Waals surface area contributed by atoms with E-state index in [2.05, 4.69) is 4.72 Å². The van der Waals surface area contributed by atoms with Gasteiger partial charge in [-0.2, -0.15) is 17.4 Å². The van der Waals surface area contributed by atoms with Crippen LogP contribution >= 0.6 is 0 Å². The third-order valence-electron chi connectivity index (χ3n) is 3.34.